The number of pyridine rings is 2. The summed E-state index contributed by atoms with van der Waals surface area (Å²) in [5.41, 5.74) is 1.57. The standard InChI is InChI=1S/C23H21N5O/c29-22-10-9-21(18-6-3-12-24-15-18)26-28(22)16-19-7-4-14-27(19)23-20-8-2-1-5-17(20)11-13-25-23/h1-3,5-6,8-13,15,19H,4,7,14,16H2. The predicted octanol–water partition coefficient (Wildman–Crippen LogP) is 3.52. The van der Waals surface area contributed by atoms with Gasteiger partial charge in [-0.15, -0.1) is 0 Å². The van der Waals surface area contributed by atoms with Crippen LogP contribution in [0, 0.1) is 0 Å². The third-order valence-corrected chi connectivity index (χ3v) is 5.51. The van der Waals surface area contributed by atoms with Gasteiger partial charge in [0.1, 0.15) is 5.82 Å². The minimum Gasteiger partial charge on any atom is -0.351 e. The van der Waals surface area contributed by atoms with Crippen molar-refractivity contribution in [2.75, 3.05) is 11.4 Å². The van der Waals surface area contributed by atoms with E-state index in [4.69, 9.17) is 0 Å². The van der Waals surface area contributed by atoms with Crippen LogP contribution in [0.1, 0.15) is 12.8 Å². The van der Waals surface area contributed by atoms with Crippen LogP contribution >= 0.6 is 0 Å². The zero-order valence-corrected chi connectivity index (χ0v) is 16.0. The molecule has 1 aliphatic heterocycles. The van der Waals surface area contributed by atoms with Crippen LogP contribution in [0.4, 0.5) is 5.82 Å². The molecular weight excluding hydrogens is 362 g/mol. The van der Waals surface area contributed by atoms with Gasteiger partial charge in [-0.3, -0.25) is 9.78 Å². The van der Waals surface area contributed by atoms with Crippen LogP contribution in [0.15, 0.2) is 78.0 Å². The van der Waals surface area contributed by atoms with E-state index in [9.17, 15) is 4.79 Å². The van der Waals surface area contributed by atoms with Gasteiger partial charge >= 0.3 is 0 Å². The first kappa shape index (κ1) is 17.6. The summed E-state index contributed by atoms with van der Waals surface area (Å²) in [6.45, 7) is 1.47. The fraction of sp³-hybridized carbons (Fsp3) is 0.217. The Kier molecular flexibility index (Phi) is 4.52. The molecule has 4 aromatic rings. The topological polar surface area (TPSA) is 63.9 Å². The van der Waals surface area contributed by atoms with Gasteiger partial charge in [-0.2, -0.15) is 5.10 Å². The maximum Gasteiger partial charge on any atom is 0.266 e. The van der Waals surface area contributed by atoms with E-state index in [0.717, 1.165) is 41.8 Å². The molecule has 1 unspecified atom stereocenters. The van der Waals surface area contributed by atoms with Gasteiger partial charge in [-0.05, 0) is 42.5 Å². The summed E-state index contributed by atoms with van der Waals surface area (Å²) in [6.07, 6.45) is 7.44. The van der Waals surface area contributed by atoms with Crippen LogP contribution in [0.25, 0.3) is 22.0 Å². The average Bonchev–Trinajstić information content (AvgIpc) is 3.23. The molecule has 1 saturated heterocycles. The van der Waals surface area contributed by atoms with Crippen molar-refractivity contribution in [3.63, 3.8) is 0 Å². The number of hydrogen-bond acceptors (Lipinski definition) is 5. The molecule has 1 atom stereocenters. The number of benzene rings is 1. The van der Waals surface area contributed by atoms with Gasteiger partial charge in [0.05, 0.1) is 18.3 Å². The molecule has 0 amide bonds. The smallest absolute Gasteiger partial charge is 0.266 e. The Morgan fingerprint density at radius 1 is 1.00 bits per heavy atom. The van der Waals surface area contributed by atoms with E-state index in [1.54, 1.807) is 29.2 Å². The summed E-state index contributed by atoms with van der Waals surface area (Å²) < 4.78 is 1.58. The van der Waals surface area contributed by atoms with Crippen LogP contribution in [-0.4, -0.2) is 32.3 Å². The number of fused-ring (bicyclic) bond motifs is 1. The Morgan fingerprint density at radius 3 is 2.83 bits per heavy atom. The summed E-state index contributed by atoms with van der Waals surface area (Å²) >= 11 is 0. The van der Waals surface area contributed by atoms with E-state index in [2.05, 4.69) is 32.1 Å². The maximum absolute atomic E-state index is 12.5. The van der Waals surface area contributed by atoms with Crippen molar-refractivity contribution in [1.82, 2.24) is 19.7 Å². The third-order valence-electron chi connectivity index (χ3n) is 5.51. The van der Waals surface area contributed by atoms with Gasteiger partial charge in [-0.1, -0.05) is 24.3 Å². The lowest BCUT2D eigenvalue weighted by atomic mass is 10.1. The highest BCUT2D eigenvalue weighted by molar-refractivity contribution is 5.92. The van der Waals surface area contributed by atoms with Crippen molar-refractivity contribution in [1.29, 1.82) is 0 Å². The first-order chi connectivity index (χ1) is 14.3. The molecule has 0 aliphatic carbocycles. The van der Waals surface area contributed by atoms with Crippen molar-refractivity contribution < 1.29 is 0 Å². The fourth-order valence-corrected chi connectivity index (χ4v) is 4.08. The molecule has 0 N–H and O–H groups in total. The zero-order chi connectivity index (χ0) is 19.6. The van der Waals surface area contributed by atoms with Crippen LogP contribution in [0.5, 0.6) is 0 Å². The molecule has 0 spiro atoms. The molecule has 4 heterocycles. The number of aromatic nitrogens is 4. The number of hydrogen-bond donors (Lipinski definition) is 0. The molecule has 0 bridgehead atoms. The molecular formula is C23H21N5O. The number of rotatable bonds is 4. The van der Waals surface area contributed by atoms with E-state index >= 15 is 0 Å². The van der Waals surface area contributed by atoms with Gasteiger partial charge in [-0.25, -0.2) is 9.67 Å². The average molecular weight is 383 g/mol. The van der Waals surface area contributed by atoms with Crippen LogP contribution in [0.3, 0.4) is 0 Å². The lowest BCUT2D eigenvalue weighted by Crippen LogP contribution is -2.37. The largest absolute Gasteiger partial charge is 0.351 e. The molecule has 0 saturated carbocycles. The quantitative estimate of drug-likeness (QED) is 0.539. The van der Waals surface area contributed by atoms with Crippen molar-refractivity contribution >= 4 is 16.6 Å². The number of anilines is 1. The Labute approximate surface area is 168 Å². The Morgan fingerprint density at radius 2 is 1.93 bits per heavy atom. The molecule has 1 aliphatic rings. The van der Waals surface area contributed by atoms with Crippen LogP contribution < -0.4 is 10.5 Å². The molecule has 29 heavy (non-hydrogen) atoms. The van der Waals surface area contributed by atoms with Gasteiger partial charge in [0, 0.05) is 42.2 Å². The van der Waals surface area contributed by atoms with Gasteiger partial charge < -0.3 is 4.90 Å². The highest BCUT2D eigenvalue weighted by Gasteiger charge is 2.27. The fourth-order valence-electron chi connectivity index (χ4n) is 4.08. The van der Waals surface area contributed by atoms with Gasteiger partial charge in [0.15, 0.2) is 0 Å². The Balaban J connectivity index is 1.48. The minimum absolute atomic E-state index is 0.0876. The van der Waals surface area contributed by atoms with E-state index in [1.807, 2.05) is 36.5 Å². The van der Waals surface area contributed by atoms with Crippen LogP contribution in [-0.2, 0) is 6.54 Å². The van der Waals surface area contributed by atoms with E-state index in [0.29, 0.717) is 6.54 Å². The molecule has 144 valence electrons. The van der Waals surface area contributed by atoms with E-state index in [-0.39, 0.29) is 11.6 Å². The summed E-state index contributed by atoms with van der Waals surface area (Å²) in [5.74, 6) is 0.988. The highest BCUT2D eigenvalue weighted by Crippen LogP contribution is 2.30. The normalized spacial score (nSPS) is 16.4. The predicted molar refractivity (Wildman–Crippen MR) is 114 cm³/mol. The lowest BCUT2D eigenvalue weighted by molar-refractivity contribution is 0.489. The van der Waals surface area contributed by atoms with Crippen molar-refractivity contribution in [2.24, 2.45) is 0 Å². The first-order valence-corrected chi connectivity index (χ1v) is 9.88. The monoisotopic (exact) mass is 383 g/mol. The minimum atomic E-state index is -0.0876. The SMILES string of the molecule is O=c1ccc(-c2cccnc2)nn1CC1CCCN1c1nccc2ccccc12. The van der Waals surface area contributed by atoms with E-state index < -0.39 is 0 Å². The third kappa shape index (κ3) is 3.38. The lowest BCUT2D eigenvalue weighted by Gasteiger charge is -2.27. The van der Waals surface area contributed by atoms with E-state index in [1.165, 1.54) is 5.39 Å². The summed E-state index contributed by atoms with van der Waals surface area (Å²) in [4.78, 5) is 23.7. The zero-order valence-electron chi connectivity index (χ0n) is 16.0. The Bertz CT molecular complexity index is 1200. The summed E-state index contributed by atoms with van der Waals surface area (Å²) in [7, 11) is 0. The highest BCUT2D eigenvalue weighted by atomic mass is 16.1. The molecule has 6 nitrogen and oxygen atoms in total. The van der Waals surface area contributed by atoms with Crippen molar-refractivity contribution in [2.45, 2.75) is 25.4 Å². The van der Waals surface area contributed by atoms with Crippen molar-refractivity contribution in [3.8, 4) is 11.3 Å². The number of nitrogens with zero attached hydrogens (tertiary/aromatic N) is 5. The first-order valence-electron chi connectivity index (χ1n) is 9.88. The van der Waals surface area contributed by atoms with Gasteiger partial charge in [0.2, 0.25) is 0 Å². The molecule has 5 rings (SSSR count). The second kappa shape index (κ2) is 7.47. The van der Waals surface area contributed by atoms with Crippen molar-refractivity contribution in [3.05, 3.63) is 83.5 Å². The Hall–Kier alpha value is -3.54. The summed E-state index contributed by atoms with van der Waals surface area (Å²) in [5, 5.41) is 6.94. The second-order valence-electron chi connectivity index (χ2n) is 7.33. The maximum atomic E-state index is 12.5. The molecule has 1 fully saturated rings. The summed E-state index contributed by atoms with van der Waals surface area (Å²) in [6, 6.07) is 17.7. The molecule has 1 aromatic carbocycles. The molecule has 0 radical (unpaired) electrons. The molecule has 6 heteroatoms. The van der Waals surface area contributed by atoms with Crippen LogP contribution in [0.2, 0.25) is 0 Å². The molecule has 3 aromatic heterocycles. The second-order valence-corrected chi connectivity index (χ2v) is 7.33. The van der Waals surface area contributed by atoms with Gasteiger partial charge in [0.25, 0.3) is 5.56 Å².